The second kappa shape index (κ2) is 6.09. The van der Waals surface area contributed by atoms with Gasteiger partial charge in [-0.25, -0.2) is 8.93 Å². The van der Waals surface area contributed by atoms with Crippen molar-refractivity contribution >= 4 is 11.0 Å². The lowest BCUT2D eigenvalue weighted by molar-refractivity contribution is -0.153. The molecule has 0 spiro atoms. The number of halogens is 3. The van der Waals surface area contributed by atoms with Gasteiger partial charge in [0, 0.05) is 0 Å². The quantitative estimate of drug-likeness (QED) is 0.930. The zero-order valence-electron chi connectivity index (χ0n) is 11.6. The van der Waals surface area contributed by atoms with E-state index in [1.165, 1.54) is 25.4 Å². The molecule has 0 fully saturated rings. The summed E-state index contributed by atoms with van der Waals surface area (Å²) in [5.41, 5.74) is -0.254. The van der Waals surface area contributed by atoms with Crippen LogP contribution in [0.2, 0.25) is 0 Å². The van der Waals surface area contributed by atoms with Gasteiger partial charge in [0.15, 0.2) is 6.04 Å². The highest BCUT2D eigenvalue weighted by molar-refractivity contribution is 7.84. The van der Waals surface area contributed by atoms with Gasteiger partial charge in [-0.2, -0.15) is 13.2 Å². The molecule has 0 bridgehead atoms. The third kappa shape index (κ3) is 4.45. The Bertz CT molecular complexity index is 469. The van der Waals surface area contributed by atoms with Gasteiger partial charge in [0.25, 0.3) is 0 Å². The van der Waals surface area contributed by atoms with Crippen molar-refractivity contribution in [1.82, 2.24) is 9.71 Å². The second-order valence-electron chi connectivity index (χ2n) is 5.10. The fourth-order valence-electron chi connectivity index (χ4n) is 1.26. The summed E-state index contributed by atoms with van der Waals surface area (Å²) in [7, 11) is -0.469. The van der Waals surface area contributed by atoms with Crippen molar-refractivity contribution in [2.24, 2.45) is 0 Å². The number of hydrogen-bond acceptors (Lipinski definition) is 3. The van der Waals surface area contributed by atoms with Crippen LogP contribution in [0.1, 0.15) is 32.5 Å². The average molecular weight is 310 g/mol. The Kier molecular flexibility index (Phi) is 5.15. The van der Waals surface area contributed by atoms with Crippen LogP contribution in [0.25, 0.3) is 0 Å². The first-order chi connectivity index (χ1) is 9.05. The molecular weight excluding hydrogens is 293 g/mol. The Morgan fingerprint density at radius 2 is 1.90 bits per heavy atom. The second-order valence-corrected chi connectivity index (χ2v) is 7.09. The standard InChI is InChI=1S/C12H17F3N2O2S/c1-11(2,3)20(18)17-10(12(13,14)15)9-6-5-8(19-4)7-16-9/h5-7,10,17H,1-4H3/t10-,20?/m0/s1. The molecule has 0 aromatic carbocycles. The van der Waals surface area contributed by atoms with Crippen LogP contribution in [0, 0.1) is 0 Å². The number of nitrogens with one attached hydrogen (secondary N) is 1. The molecule has 0 aliphatic carbocycles. The molecule has 0 saturated carbocycles. The zero-order valence-corrected chi connectivity index (χ0v) is 12.4. The van der Waals surface area contributed by atoms with Crippen LogP contribution in [-0.2, 0) is 11.0 Å². The molecule has 0 aliphatic heterocycles. The van der Waals surface area contributed by atoms with Gasteiger partial charge in [-0.3, -0.25) is 4.98 Å². The van der Waals surface area contributed by atoms with Crippen LogP contribution >= 0.6 is 0 Å². The monoisotopic (exact) mass is 310 g/mol. The van der Waals surface area contributed by atoms with E-state index in [0.717, 1.165) is 0 Å². The van der Waals surface area contributed by atoms with Crippen molar-refractivity contribution in [3.05, 3.63) is 24.0 Å². The molecule has 1 aromatic heterocycles. The highest BCUT2D eigenvalue weighted by Gasteiger charge is 2.43. The largest absolute Gasteiger partial charge is 0.495 e. The lowest BCUT2D eigenvalue weighted by Gasteiger charge is -2.25. The minimum Gasteiger partial charge on any atom is -0.495 e. The van der Waals surface area contributed by atoms with Crippen LogP contribution < -0.4 is 9.46 Å². The molecule has 0 amide bonds. The molecule has 4 nitrogen and oxygen atoms in total. The number of aromatic nitrogens is 1. The Hall–Kier alpha value is -1.15. The first-order valence-corrected chi connectivity index (χ1v) is 6.95. The third-order valence-electron chi connectivity index (χ3n) is 2.40. The lowest BCUT2D eigenvalue weighted by atomic mass is 10.2. The highest BCUT2D eigenvalue weighted by atomic mass is 32.2. The molecule has 1 N–H and O–H groups in total. The summed E-state index contributed by atoms with van der Waals surface area (Å²) in [4.78, 5) is 3.71. The molecule has 0 aliphatic rings. The Balaban J connectivity index is 3.04. The molecule has 2 atom stereocenters. The van der Waals surface area contributed by atoms with E-state index in [4.69, 9.17) is 4.74 Å². The zero-order chi connectivity index (χ0) is 15.6. The van der Waals surface area contributed by atoms with Crippen molar-refractivity contribution in [2.45, 2.75) is 37.7 Å². The van der Waals surface area contributed by atoms with Crippen molar-refractivity contribution in [3.8, 4) is 5.75 Å². The summed E-state index contributed by atoms with van der Waals surface area (Å²) in [6.07, 6.45) is -3.40. The molecule has 1 aromatic rings. The number of hydrogen-bond donors (Lipinski definition) is 1. The minimum atomic E-state index is -4.59. The van der Waals surface area contributed by atoms with E-state index >= 15 is 0 Å². The first-order valence-electron chi connectivity index (χ1n) is 5.80. The Morgan fingerprint density at radius 1 is 1.30 bits per heavy atom. The maximum Gasteiger partial charge on any atom is 0.410 e. The summed E-state index contributed by atoms with van der Waals surface area (Å²) >= 11 is 0. The molecule has 0 radical (unpaired) electrons. The van der Waals surface area contributed by atoms with E-state index in [1.54, 1.807) is 20.8 Å². The molecule has 20 heavy (non-hydrogen) atoms. The van der Waals surface area contributed by atoms with E-state index in [2.05, 4.69) is 9.71 Å². The van der Waals surface area contributed by atoms with Gasteiger partial charge >= 0.3 is 6.18 Å². The van der Waals surface area contributed by atoms with Crippen molar-refractivity contribution in [3.63, 3.8) is 0 Å². The number of nitrogens with zero attached hydrogens (tertiary/aromatic N) is 1. The molecule has 8 heteroatoms. The summed E-state index contributed by atoms with van der Waals surface area (Å²) in [6, 6.07) is 0.487. The van der Waals surface area contributed by atoms with Crippen LogP contribution in [0.5, 0.6) is 5.75 Å². The van der Waals surface area contributed by atoms with Crippen LogP contribution in [-0.4, -0.2) is 27.2 Å². The number of alkyl halides is 3. The predicted molar refractivity (Wildman–Crippen MR) is 70.6 cm³/mol. The normalized spacial score (nSPS) is 15.8. The number of pyridine rings is 1. The summed E-state index contributed by atoms with van der Waals surface area (Å²) in [5.74, 6) is 0.353. The summed E-state index contributed by atoms with van der Waals surface area (Å²) < 4.78 is 57.2. The van der Waals surface area contributed by atoms with E-state index in [1.807, 2.05) is 0 Å². The maximum atomic E-state index is 13.1. The van der Waals surface area contributed by atoms with Gasteiger partial charge in [0.2, 0.25) is 0 Å². The van der Waals surface area contributed by atoms with Gasteiger partial charge < -0.3 is 4.74 Å². The van der Waals surface area contributed by atoms with E-state index in [0.29, 0.717) is 5.75 Å². The fraction of sp³-hybridized carbons (Fsp3) is 0.583. The fourth-order valence-corrected chi connectivity index (χ4v) is 2.08. The van der Waals surface area contributed by atoms with Crippen molar-refractivity contribution in [1.29, 1.82) is 0 Å². The minimum absolute atomic E-state index is 0.254. The summed E-state index contributed by atoms with van der Waals surface area (Å²) in [6.45, 7) is 4.76. The molecule has 1 heterocycles. The van der Waals surface area contributed by atoms with Gasteiger partial charge in [-0.1, -0.05) is 0 Å². The molecule has 1 rings (SSSR count). The molecule has 114 valence electrons. The van der Waals surface area contributed by atoms with Gasteiger partial charge in [0.1, 0.15) is 5.75 Å². The third-order valence-corrected chi connectivity index (χ3v) is 3.96. The number of ether oxygens (including phenoxy) is 1. The highest BCUT2D eigenvalue weighted by Crippen LogP contribution is 2.33. The maximum absolute atomic E-state index is 13.1. The average Bonchev–Trinajstić information content (AvgIpc) is 2.33. The number of rotatable bonds is 4. The molecular formula is C12H17F3N2O2S. The van der Waals surface area contributed by atoms with Crippen molar-refractivity contribution in [2.75, 3.05) is 7.11 Å². The van der Waals surface area contributed by atoms with Crippen LogP contribution in [0.15, 0.2) is 18.3 Å². The van der Waals surface area contributed by atoms with Crippen LogP contribution in [0.4, 0.5) is 13.2 Å². The van der Waals surface area contributed by atoms with Gasteiger partial charge in [-0.15, -0.1) is 0 Å². The Labute approximate surface area is 118 Å². The van der Waals surface area contributed by atoms with E-state index < -0.39 is 28.0 Å². The van der Waals surface area contributed by atoms with E-state index in [9.17, 15) is 17.4 Å². The first kappa shape index (κ1) is 16.9. The van der Waals surface area contributed by atoms with Gasteiger partial charge in [-0.05, 0) is 32.9 Å². The molecule has 1 unspecified atom stereocenters. The number of methoxy groups -OCH3 is 1. The molecule has 0 saturated heterocycles. The van der Waals surface area contributed by atoms with Crippen LogP contribution in [0.3, 0.4) is 0 Å². The lowest BCUT2D eigenvalue weighted by Crippen LogP contribution is -2.41. The topological polar surface area (TPSA) is 51.2 Å². The Morgan fingerprint density at radius 3 is 2.25 bits per heavy atom. The SMILES string of the molecule is COc1ccc([C@H](NS(=O)C(C)(C)C)C(F)(F)F)nc1. The predicted octanol–water partition coefficient (Wildman–Crippen LogP) is 2.75. The van der Waals surface area contributed by atoms with E-state index in [-0.39, 0.29) is 5.69 Å². The summed E-state index contributed by atoms with van der Waals surface area (Å²) in [5, 5.41) is 0. The smallest absolute Gasteiger partial charge is 0.410 e. The van der Waals surface area contributed by atoms with Gasteiger partial charge in [0.05, 0.1) is 34.7 Å². The van der Waals surface area contributed by atoms with Crippen molar-refractivity contribution < 1.29 is 22.1 Å².